The molecule has 0 saturated heterocycles. The lowest BCUT2D eigenvalue weighted by molar-refractivity contribution is 0.415. The molecule has 0 N–H and O–H groups in total. The molecule has 0 amide bonds. The maximum Gasteiger partial charge on any atom is 0.198 e. The zero-order chi connectivity index (χ0) is 11.4. The number of benzene rings is 2. The molecule has 0 unspecified atom stereocenters. The molecule has 0 bridgehead atoms. The summed E-state index contributed by atoms with van der Waals surface area (Å²) >= 11 is 0. The summed E-state index contributed by atoms with van der Waals surface area (Å²) in [6, 6.07) is 12.1. The third-order valence-corrected chi connectivity index (χ3v) is 2.67. The van der Waals surface area contributed by atoms with E-state index < -0.39 is 0 Å². The summed E-state index contributed by atoms with van der Waals surface area (Å²) < 4.78 is 5.18. The summed E-state index contributed by atoms with van der Waals surface area (Å²) in [6.45, 7) is 0. The number of rotatable bonds is 4. The fourth-order valence-corrected chi connectivity index (χ4v) is 1.86. The van der Waals surface area contributed by atoms with Gasteiger partial charge in [0.05, 0.1) is 7.11 Å². The lowest BCUT2D eigenvalue weighted by Gasteiger charge is -2.06. The SMILES string of the molecule is COc1ccc2c(CC[C]=O)cccc2c1. The topological polar surface area (TPSA) is 26.3 Å². The van der Waals surface area contributed by atoms with E-state index in [2.05, 4.69) is 0 Å². The third-order valence-electron chi connectivity index (χ3n) is 2.67. The molecule has 0 heterocycles. The number of fused-ring (bicyclic) bond motifs is 1. The summed E-state index contributed by atoms with van der Waals surface area (Å²) in [7, 11) is 1.66. The molecule has 16 heavy (non-hydrogen) atoms. The molecule has 0 aliphatic rings. The Morgan fingerprint density at radius 1 is 1.25 bits per heavy atom. The smallest absolute Gasteiger partial charge is 0.198 e. The van der Waals surface area contributed by atoms with Gasteiger partial charge in [-0.15, -0.1) is 0 Å². The molecule has 0 aliphatic heterocycles. The summed E-state index contributed by atoms with van der Waals surface area (Å²) in [5.74, 6) is 0.853. The lowest BCUT2D eigenvalue weighted by Crippen LogP contribution is -1.89. The van der Waals surface area contributed by atoms with Gasteiger partial charge in [-0.05, 0) is 34.9 Å². The Hall–Kier alpha value is -1.83. The van der Waals surface area contributed by atoms with Gasteiger partial charge < -0.3 is 4.74 Å². The zero-order valence-electron chi connectivity index (χ0n) is 9.19. The van der Waals surface area contributed by atoms with E-state index in [9.17, 15) is 4.79 Å². The van der Waals surface area contributed by atoms with Crippen LogP contribution in [0, 0.1) is 0 Å². The van der Waals surface area contributed by atoms with Crippen molar-refractivity contribution in [3.63, 3.8) is 0 Å². The van der Waals surface area contributed by atoms with E-state index in [-0.39, 0.29) is 0 Å². The molecule has 0 saturated carbocycles. The van der Waals surface area contributed by atoms with Crippen molar-refractivity contribution in [1.82, 2.24) is 0 Å². The van der Waals surface area contributed by atoms with Crippen molar-refractivity contribution in [2.45, 2.75) is 12.8 Å². The first-order valence-corrected chi connectivity index (χ1v) is 5.26. The molecule has 0 aliphatic carbocycles. The van der Waals surface area contributed by atoms with Crippen LogP contribution in [0.4, 0.5) is 0 Å². The van der Waals surface area contributed by atoms with E-state index in [0.717, 1.165) is 17.6 Å². The Bertz CT molecular complexity index is 503. The largest absolute Gasteiger partial charge is 0.497 e. The molecule has 2 aromatic carbocycles. The second-order valence-corrected chi connectivity index (χ2v) is 3.65. The Morgan fingerprint density at radius 2 is 2.12 bits per heavy atom. The highest BCUT2D eigenvalue weighted by atomic mass is 16.5. The van der Waals surface area contributed by atoms with E-state index in [1.165, 1.54) is 10.9 Å². The first-order valence-electron chi connectivity index (χ1n) is 5.26. The number of aryl methyl sites for hydroxylation is 1. The van der Waals surface area contributed by atoms with Crippen molar-refractivity contribution in [3.05, 3.63) is 42.0 Å². The molecule has 0 aromatic heterocycles. The van der Waals surface area contributed by atoms with Gasteiger partial charge in [0.25, 0.3) is 0 Å². The van der Waals surface area contributed by atoms with Crippen molar-refractivity contribution in [2.75, 3.05) is 7.11 Å². The molecule has 0 fully saturated rings. The van der Waals surface area contributed by atoms with Gasteiger partial charge in [-0.1, -0.05) is 24.3 Å². The van der Waals surface area contributed by atoms with E-state index in [4.69, 9.17) is 4.74 Å². The third kappa shape index (κ3) is 2.06. The van der Waals surface area contributed by atoms with Crippen LogP contribution in [0.15, 0.2) is 36.4 Å². The highest BCUT2D eigenvalue weighted by molar-refractivity contribution is 5.87. The fraction of sp³-hybridized carbons (Fsp3) is 0.214. The number of hydrogen-bond donors (Lipinski definition) is 0. The number of ether oxygens (including phenoxy) is 1. The van der Waals surface area contributed by atoms with Gasteiger partial charge in [-0.25, -0.2) is 0 Å². The molecular formula is C14H13O2. The molecule has 2 nitrogen and oxygen atoms in total. The van der Waals surface area contributed by atoms with Gasteiger partial charge >= 0.3 is 0 Å². The monoisotopic (exact) mass is 213 g/mol. The van der Waals surface area contributed by atoms with Crippen LogP contribution in [0.3, 0.4) is 0 Å². The van der Waals surface area contributed by atoms with Crippen LogP contribution in [0.1, 0.15) is 12.0 Å². The average molecular weight is 213 g/mol. The molecule has 81 valence electrons. The van der Waals surface area contributed by atoms with E-state index in [1.807, 2.05) is 42.7 Å². The molecular weight excluding hydrogens is 200 g/mol. The fourth-order valence-electron chi connectivity index (χ4n) is 1.86. The molecule has 0 spiro atoms. The summed E-state index contributed by atoms with van der Waals surface area (Å²) in [5.41, 5.74) is 1.18. The second-order valence-electron chi connectivity index (χ2n) is 3.65. The minimum atomic E-state index is 0.450. The summed E-state index contributed by atoms with van der Waals surface area (Å²) in [5, 5.41) is 2.32. The highest BCUT2D eigenvalue weighted by Gasteiger charge is 2.01. The van der Waals surface area contributed by atoms with Crippen LogP contribution in [-0.2, 0) is 11.2 Å². The highest BCUT2D eigenvalue weighted by Crippen LogP contribution is 2.24. The van der Waals surface area contributed by atoms with Crippen LogP contribution >= 0.6 is 0 Å². The van der Waals surface area contributed by atoms with Gasteiger partial charge in [0, 0.05) is 6.42 Å². The molecule has 2 heteroatoms. The Balaban J connectivity index is 2.47. The minimum absolute atomic E-state index is 0.450. The first-order chi connectivity index (χ1) is 7.85. The minimum Gasteiger partial charge on any atom is -0.497 e. The first kappa shape index (κ1) is 10.7. The molecule has 1 radical (unpaired) electrons. The number of hydrogen-bond acceptors (Lipinski definition) is 2. The Kier molecular flexibility index (Phi) is 3.20. The van der Waals surface area contributed by atoms with Crippen LogP contribution in [-0.4, -0.2) is 13.4 Å². The number of methoxy groups -OCH3 is 1. The van der Waals surface area contributed by atoms with Crippen molar-refractivity contribution >= 4 is 17.1 Å². The second kappa shape index (κ2) is 4.79. The standard InChI is InChI=1S/C14H13O2/c1-16-13-7-8-14-11(6-3-9-15)4-2-5-12(14)10-13/h2,4-5,7-8,10H,3,6H2,1H3. The van der Waals surface area contributed by atoms with Crippen molar-refractivity contribution < 1.29 is 9.53 Å². The van der Waals surface area contributed by atoms with Crippen LogP contribution < -0.4 is 4.74 Å². The van der Waals surface area contributed by atoms with Crippen LogP contribution in [0.5, 0.6) is 5.75 Å². The number of carbonyl (C=O) groups excluding carboxylic acids is 1. The van der Waals surface area contributed by atoms with Crippen molar-refractivity contribution in [3.8, 4) is 5.75 Å². The zero-order valence-corrected chi connectivity index (χ0v) is 9.19. The predicted molar refractivity (Wildman–Crippen MR) is 64.5 cm³/mol. The van der Waals surface area contributed by atoms with Crippen LogP contribution in [0.2, 0.25) is 0 Å². The van der Waals surface area contributed by atoms with Gasteiger partial charge in [-0.2, -0.15) is 0 Å². The summed E-state index contributed by atoms with van der Waals surface area (Å²) in [6.07, 6.45) is 3.12. The van der Waals surface area contributed by atoms with E-state index >= 15 is 0 Å². The maximum absolute atomic E-state index is 10.3. The van der Waals surface area contributed by atoms with Gasteiger partial charge in [0.2, 0.25) is 0 Å². The normalized spacial score (nSPS) is 10.3. The summed E-state index contributed by atoms with van der Waals surface area (Å²) in [4.78, 5) is 10.3. The Labute approximate surface area is 94.8 Å². The van der Waals surface area contributed by atoms with Gasteiger partial charge in [-0.3, -0.25) is 4.79 Å². The Morgan fingerprint density at radius 3 is 2.88 bits per heavy atom. The van der Waals surface area contributed by atoms with Gasteiger partial charge in [0.15, 0.2) is 6.29 Å². The van der Waals surface area contributed by atoms with Crippen molar-refractivity contribution in [1.29, 1.82) is 0 Å². The quantitative estimate of drug-likeness (QED) is 0.780. The molecule has 2 aromatic rings. The average Bonchev–Trinajstić information content (AvgIpc) is 2.35. The molecule has 2 rings (SSSR count). The maximum atomic E-state index is 10.3. The van der Waals surface area contributed by atoms with Crippen molar-refractivity contribution in [2.24, 2.45) is 0 Å². The predicted octanol–water partition coefficient (Wildman–Crippen LogP) is 2.89. The lowest BCUT2D eigenvalue weighted by atomic mass is 10.0. The molecule has 0 atom stereocenters. The van der Waals surface area contributed by atoms with E-state index in [1.54, 1.807) is 7.11 Å². The van der Waals surface area contributed by atoms with E-state index in [0.29, 0.717) is 6.42 Å². The van der Waals surface area contributed by atoms with Gasteiger partial charge in [0.1, 0.15) is 5.75 Å². The van der Waals surface area contributed by atoms with Crippen LogP contribution in [0.25, 0.3) is 10.8 Å².